The van der Waals surface area contributed by atoms with Crippen molar-refractivity contribution >= 4 is 11.6 Å². The Morgan fingerprint density at radius 1 is 1.05 bits per heavy atom. The number of benzene rings is 2. The molecule has 3 heteroatoms. The fourth-order valence-corrected chi connectivity index (χ4v) is 2.45. The lowest BCUT2D eigenvalue weighted by molar-refractivity contribution is 0.464. The van der Waals surface area contributed by atoms with Gasteiger partial charge in [-0.05, 0) is 49.6 Å². The predicted molar refractivity (Wildman–Crippen MR) is 84.4 cm³/mol. The van der Waals surface area contributed by atoms with Crippen LogP contribution in [0.2, 0.25) is 5.02 Å². The number of para-hydroxylation sites is 1. The molecule has 2 nitrogen and oxygen atoms in total. The normalized spacial score (nSPS) is 12.3. The van der Waals surface area contributed by atoms with Crippen LogP contribution in [0.3, 0.4) is 0 Å². The van der Waals surface area contributed by atoms with Crippen LogP contribution >= 0.6 is 11.6 Å². The van der Waals surface area contributed by atoms with E-state index in [2.05, 4.69) is 18.3 Å². The maximum absolute atomic E-state index is 9.70. The summed E-state index contributed by atoms with van der Waals surface area (Å²) in [6.45, 7) is 2.98. The van der Waals surface area contributed by atoms with Gasteiger partial charge in [0.15, 0.2) is 0 Å². The van der Waals surface area contributed by atoms with Crippen LogP contribution in [0.4, 0.5) is 0 Å². The monoisotopic (exact) mass is 289 g/mol. The van der Waals surface area contributed by atoms with Crippen molar-refractivity contribution in [1.29, 1.82) is 0 Å². The van der Waals surface area contributed by atoms with Crippen LogP contribution in [0, 0.1) is 0 Å². The zero-order chi connectivity index (χ0) is 14.4. The number of nitrogens with one attached hydrogen (secondary N) is 1. The number of phenols is 1. The van der Waals surface area contributed by atoms with E-state index in [1.165, 1.54) is 0 Å². The summed E-state index contributed by atoms with van der Waals surface area (Å²) in [5.41, 5.74) is 2.14. The average molecular weight is 290 g/mol. The first kappa shape index (κ1) is 14.9. The molecule has 20 heavy (non-hydrogen) atoms. The number of hydrogen-bond acceptors (Lipinski definition) is 2. The third kappa shape index (κ3) is 4.26. The van der Waals surface area contributed by atoms with Gasteiger partial charge in [-0.1, -0.05) is 48.0 Å². The summed E-state index contributed by atoms with van der Waals surface area (Å²) in [5, 5.41) is 14.0. The Morgan fingerprint density at radius 2 is 1.70 bits per heavy atom. The van der Waals surface area contributed by atoms with Gasteiger partial charge in [-0.15, -0.1) is 0 Å². The van der Waals surface area contributed by atoms with E-state index in [0.29, 0.717) is 11.8 Å². The van der Waals surface area contributed by atoms with Gasteiger partial charge in [0.2, 0.25) is 0 Å². The van der Waals surface area contributed by atoms with E-state index in [4.69, 9.17) is 11.6 Å². The summed E-state index contributed by atoms with van der Waals surface area (Å²) in [6.07, 6.45) is 1.72. The van der Waals surface area contributed by atoms with Crippen molar-refractivity contribution in [3.63, 3.8) is 0 Å². The Balaban J connectivity index is 1.80. The van der Waals surface area contributed by atoms with Gasteiger partial charge in [-0.2, -0.15) is 0 Å². The molecule has 0 saturated carbocycles. The lowest BCUT2D eigenvalue weighted by Crippen LogP contribution is -2.30. The fraction of sp³-hybridized carbons (Fsp3) is 0.294. The van der Waals surface area contributed by atoms with Crippen molar-refractivity contribution in [2.75, 3.05) is 6.54 Å². The van der Waals surface area contributed by atoms with Crippen molar-refractivity contribution in [2.45, 2.75) is 25.8 Å². The lowest BCUT2D eigenvalue weighted by Gasteiger charge is -2.15. The summed E-state index contributed by atoms with van der Waals surface area (Å²) in [4.78, 5) is 0. The third-order valence-corrected chi connectivity index (χ3v) is 3.73. The van der Waals surface area contributed by atoms with Crippen LogP contribution in [-0.2, 0) is 12.8 Å². The van der Waals surface area contributed by atoms with Crippen LogP contribution in [0.5, 0.6) is 5.75 Å². The molecule has 0 heterocycles. The molecular weight excluding hydrogens is 270 g/mol. The molecule has 0 amide bonds. The second-order valence-corrected chi connectivity index (χ2v) is 5.44. The van der Waals surface area contributed by atoms with Crippen molar-refractivity contribution < 1.29 is 5.11 Å². The maximum atomic E-state index is 9.70. The smallest absolute Gasteiger partial charge is 0.118 e. The molecule has 0 saturated heterocycles. The summed E-state index contributed by atoms with van der Waals surface area (Å²) in [7, 11) is 0. The molecule has 1 unspecified atom stereocenters. The van der Waals surface area contributed by atoms with E-state index in [9.17, 15) is 5.11 Å². The van der Waals surface area contributed by atoms with Gasteiger partial charge in [0.1, 0.15) is 5.75 Å². The minimum absolute atomic E-state index is 0.348. The molecule has 0 spiro atoms. The minimum atomic E-state index is 0.348. The molecular formula is C17H20ClNO. The van der Waals surface area contributed by atoms with Crippen LogP contribution in [0.1, 0.15) is 18.1 Å². The van der Waals surface area contributed by atoms with Gasteiger partial charge in [0, 0.05) is 11.1 Å². The topological polar surface area (TPSA) is 32.3 Å². The Kier molecular flexibility index (Phi) is 5.45. The van der Waals surface area contributed by atoms with Crippen LogP contribution < -0.4 is 5.32 Å². The fourth-order valence-electron chi connectivity index (χ4n) is 2.24. The zero-order valence-corrected chi connectivity index (χ0v) is 12.4. The maximum Gasteiger partial charge on any atom is 0.118 e. The van der Waals surface area contributed by atoms with Gasteiger partial charge in [0.25, 0.3) is 0 Å². The Bertz CT molecular complexity index is 556. The van der Waals surface area contributed by atoms with Crippen LogP contribution in [0.25, 0.3) is 0 Å². The van der Waals surface area contributed by atoms with E-state index in [1.807, 2.05) is 36.4 Å². The first-order chi connectivity index (χ1) is 9.66. The molecule has 2 aromatic carbocycles. The molecule has 106 valence electrons. The Morgan fingerprint density at radius 3 is 2.40 bits per heavy atom. The van der Waals surface area contributed by atoms with Gasteiger partial charge >= 0.3 is 0 Å². The molecule has 0 aliphatic heterocycles. The number of halogens is 1. The summed E-state index contributed by atoms with van der Waals surface area (Å²) in [5.74, 6) is 0.369. The quantitative estimate of drug-likeness (QED) is 0.847. The number of hydrogen-bond donors (Lipinski definition) is 2. The lowest BCUT2D eigenvalue weighted by atomic mass is 10.1. The second-order valence-electron chi connectivity index (χ2n) is 5.03. The highest BCUT2D eigenvalue weighted by Gasteiger charge is 2.06. The van der Waals surface area contributed by atoms with Crippen molar-refractivity contribution in [2.24, 2.45) is 0 Å². The SMILES string of the molecule is CC(Cc1ccccc1Cl)NCCc1ccccc1O. The van der Waals surface area contributed by atoms with Gasteiger partial charge in [0.05, 0.1) is 0 Å². The van der Waals surface area contributed by atoms with E-state index in [1.54, 1.807) is 6.07 Å². The number of aromatic hydroxyl groups is 1. The molecule has 0 aliphatic carbocycles. The van der Waals surface area contributed by atoms with E-state index in [0.717, 1.165) is 35.5 Å². The average Bonchev–Trinajstić information content (AvgIpc) is 2.43. The molecule has 0 aliphatic rings. The van der Waals surface area contributed by atoms with Gasteiger partial charge < -0.3 is 10.4 Å². The number of rotatable bonds is 6. The van der Waals surface area contributed by atoms with Crippen LogP contribution in [-0.4, -0.2) is 17.7 Å². The van der Waals surface area contributed by atoms with Gasteiger partial charge in [-0.3, -0.25) is 0 Å². The summed E-state index contributed by atoms with van der Waals surface area (Å²) < 4.78 is 0. The number of phenolic OH excluding ortho intramolecular Hbond substituents is 1. The van der Waals surface area contributed by atoms with E-state index in [-0.39, 0.29) is 0 Å². The largest absolute Gasteiger partial charge is 0.508 e. The first-order valence-electron chi connectivity index (χ1n) is 6.90. The Hall–Kier alpha value is -1.51. The standard InChI is InChI=1S/C17H20ClNO/c1-13(12-15-7-2-4-8-16(15)18)19-11-10-14-6-3-5-9-17(14)20/h2-9,13,19-20H,10-12H2,1H3. The summed E-state index contributed by atoms with van der Waals surface area (Å²) >= 11 is 6.16. The molecule has 0 aromatic heterocycles. The van der Waals surface area contributed by atoms with Crippen molar-refractivity contribution in [3.8, 4) is 5.75 Å². The van der Waals surface area contributed by atoms with Crippen molar-refractivity contribution in [3.05, 3.63) is 64.7 Å². The molecule has 0 bridgehead atoms. The molecule has 1 atom stereocenters. The predicted octanol–water partition coefficient (Wildman–Crippen LogP) is 3.81. The highest BCUT2D eigenvalue weighted by Crippen LogP contribution is 2.17. The summed E-state index contributed by atoms with van der Waals surface area (Å²) in [6, 6.07) is 15.8. The molecule has 0 fully saturated rings. The molecule has 2 rings (SSSR count). The van der Waals surface area contributed by atoms with E-state index < -0.39 is 0 Å². The second kappa shape index (κ2) is 7.32. The first-order valence-corrected chi connectivity index (χ1v) is 7.28. The van der Waals surface area contributed by atoms with Crippen LogP contribution in [0.15, 0.2) is 48.5 Å². The zero-order valence-electron chi connectivity index (χ0n) is 11.6. The molecule has 0 radical (unpaired) electrons. The molecule has 2 aromatic rings. The Labute approximate surface area is 125 Å². The van der Waals surface area contributed by atoms with E-state index >= 15 is 0 Å². The molecule has 2 N–H and O–H groups in total. The third-order valence-electron chi connectivity index (χ3n) is 3.36. The van der Waals surface area contributed by atoms with Crippen molar-refractivity contribution in [1.82, 2.24) is 5.32 Å². The van der Waals surface area contributed by atoms with Gasteiger partial charge in [-0.25, -0.2) is 0 Å². The minimum Gasteiger partial charge on any atom is -0.508 e. The highest BCUT2D eigenvalue weighted by molar-refractivity contribution is 6.31. The highest BCUT2D eigenvalue weighted by atomic mass is 35.5.